The molecule has 0 saturated heterocycles. The molecule has 12 heteroatoms. The summed E-state index contributed by atoms with van der Waals surface area (Å²) >= 11 is 0. The van der Waals surface area contributed by atoms with Crippen LogP contribution in [0.3, 0.4) is 0 Å². The molecule has 12 nitrogen and oxygen atoms in total. The quantitative estimate of drug-likeness (QED) is 0.0297. The van der Waals surface area contributed by atoms with Gasteiger partial charge < -0.3 is 33.2 Å². The second-order valence-electron chi connectivity index (χ2n) is 11.2. The lowest BCUT2D eigenvalue weighted by molar-refractivity contribution is -0.138. The van der Waals surface area contributed by atoms with Gasteiger partial charge in [-0.3, -0.25) is 9.59 Å². The van der Waals surface area contributed by atoms with E-state index in [1.165, 1.54) is 11.1 Å². The summed E-state index contributed by atoms with van der Waals surface area (Å²) in [4.78, 5) is 54.2. The molecule has 0 saturated carbocycles. The summed E-state index contributed by atoms with van der Waals surface area (Å²) in [5.74, 6) is 0.981. The third kappa shape index (κ3) is 19.8. The standard InChI is InChI=1S/C20H18O6.C13H16O3.C10H12O3/c1-2-19(22)25-13-3-12-24-17-10-6-16(7-11-17)20(23)26-18-8-4-15(14-21)5-9-18;1-3-13(14)16-10-4-9-15-12-7-5-11(2)6-8-12;1-12-7-6-9-2-4-10(5-3-9)13-8-11/h2,4-11,14H,1,3,12-13H2;3,5-8H,1,4,9-10H2,2H3;2-5,8H,6-7H2,1H3. The van der Waals surface area contributed by atoms with Gasteiger partial charge in [0.25, 0.3) is 6.47 Å². The highest BCUT2D eigenvalue weighted by atomic mass is 16.5. The van der Waals surface area contributed by atoms with Crippen molar-refractivity contribution in [2.45, 2.75) is 26.2 Å². The average Bonchev–Trinajstić information content (AvgIpc) is 3.22. The van der Waals surface area contributed by atoms with Crippen LogP contribution in [0.4, 0.5) is 0 Å². The molecule has 0 radical (unpaired) electrons. The first-order chi connectivity index (χ1) is 26.7. The van der Waals surface area contributed by atoms with Crippen LogP contribution in [0, 0.1) is 6.92 Å². The van der Waals surface area contributed by atoms with Gasteiger partial charge in [0.2, 0.25) is 0 Å². The minimum absolute atomic E-state index is 0.248. The molecule has 0 aliphatic carbocycles. The summed E-state index contributed by atoms with van der Waals surface area (Å²) in [5, 5.41) is 0. The SMILES string of the molecule is C=CC(=O)OCCCOc1ccc(C(=O)Oc2ccc(C=O)cc2)cc1.C=CC(=O)OCCCOc1ccc(C)cc1.COCCc1ccc(OC=O)cc1. The Kier molecular flexibility index (Phi) is 22.0. The van der Waals surface area contributed by atoms with Gasteiger partial charge in [-0.15, -0.1) is 0 Å². The maximum Gasteiger partial charge on any atom is 0.343 e. The van der Waals surface area contributed by atoms with E-state index in [2.05, 4.69) is 17.9 Å². The first-order valence-corrected chi connectivity index (χ1v) is 17.2. The molecule has 0 N–H and O–H groups in total. The summed E-state index contributed by atoms with van der Waals surface area (Å²) in [6.07, 6.45) is 5.06. The topological polar surface area (TPSA) is 150 Å². The van der Waals surface area contributed by atoms with Gasteiger partial charge in [-0.1, -0.05) is 43.0 Å². The van der Waals surface area contributed by atoms with Gasteiger partial charge in [-0.2, -0.15) is 0 Å². The van der Waals surface area contributed by atoms with Crippen molar-refractivity contribution in [1.29, 1.82) is 0 Å². The number of hydrogen-bond acceptors (Lipinski definition) is 12. The monoisotopic (exact) mass is 754 g/mol. The molecular formula is C43H46O12. The van der Waals surface area contributed by atoms with Crippen LogP contribution in [-0.4, -0.2) is 70.8 Å². The molecule has 0 atom stereocenters. The van der Waals surface area contributed by atoms with E-state index in [-0.39, 0.29) is 6.61 Å². The van der Waals surface area contributed by atoms with Gasteiger partial charge in [0.05, 0.1) is 38.6 Å². The Morgan fingerprint density at radius 1 is 0.600 bits per heavy atom. The Bertz CT molecular complexity index is 1750. The molecule has 0 aliphatic rings. The van der Waals surface area contributed by atoms with Crippen LogP contribution in [0.2, 0.25) is 0 Å². The van der Waals surface area contributed by atoms with Gasteiger partial charge >= 0.3 is 17.9 Å². The number of aldehydes is 1. The van der Waals surface area contributed by atoms with E-state index < -0.39 is 17.9 Å². The lowest BCUT2D eigenvalue weighted by Gasteiger charge is -2.08. The molecule has 0 amide bonds. The van der Waals surface area contributed by atoms with E-state index in [4.69, 9.17) is 28.4 Å². The molecule has 55 heavy (non-hydrogen) atoms. The van der Waals surface area contributed by atoms with Crippen molar-refractivity contribution in [2.75, 3.05) is 40.1 Å². The minimum atomic E-state index is -0.508. The summed E-state index contributed by atoms with van der Waals surface area (Å²) in [7, 11) is 1.67. The van der Waals surface area contributed by atoms with Crippen molar-refractivity contribution < 1.29 is 57.1 Å². The van der Waals surface area contributed by atoms with Crippen molar-refractivity contribution in [3.63, 3.8) is 0 Å². The zero-order valence-electron chi connectivity index (χ0n) is 31.0. The second kappa shape index (κ2) is 27.1. The Hall–Kier alpha value is -6.53. The highest BCUT2D eigenvalue weighted by Gasteiger charge is 2.09. The molecule has 0 aliphatic heterocycles. The van der Waals surface area contributed by atoms with Crippen molar-refractivity contribution in [1.82, 2.24) is 0 Å². The Morgan fingerprint density at radius 2 is 1.09 bits per heavy atom. The van der Waals surface area contributed by atoms with Crippen LogP contribution in [0.5, 0.6) is 23.0 Å². The van der Waals surface area contributed by atoms with Crippen LogP contribution in [0.1, 0.15) is 44.7 Å². The fraction of sp³-hybridized carbons (Fsp3) is 0.233. The zero-order valence-corrected chi connectivity index (χ0v) is 31.0. The molecule has 0 bridgehead atoms. The predicted molar refractivity (Wildman–Crippen MR) is 206 cm³/mol. The van der Waals surface area contributed by atoms with Crippen LogP contribution in [0.25, 0.3) is 0 Å². The van der Waals surface area contributed by atoms with Gasteiger partial charge in [-0.05, 0) is 91.7 Å². The van der Waals surface area contributed by atoms with E-state index in [0.717, 1.165) is 24.3 Å². The van der Waals surface area contributed by atoms with Gasteiger partial charge in [0.1, 0.15) is 29.3 Å². The zero-order chi connectivity index (χ0) is 40.1. The van der Waals surface area contributed by atoms with Crippen molar-refractivity contribution in [3.05, 3.63) is 145 Å². The van der Waals surface area contributed by atoms with Gasteiger partial charge in [0.15, 0.2) is 0 Å². The van der Waals surface area contributed by atoms with E-state index in [0.29, 0.717) is 80.4 Å². The van der Waals surface area contributed by atoms with Crippen LogP contribution < -0.4 is 18.9 Å². The molecule has 0 spiro atoms. The normalized spacial score (nSPS) is 9.71. The van der Waals surface area contributed by atoms with E-state index >= 15 is 0 Å². The first kappa shape index (κ1) is 44.6. The maximum atomic E-state index is 12.1. The van der Waals surface area contributed by atoms with E-state index in [1.807, 2.05) is 43.3 Å². The molecule has 0 aromatic heterocycles. The molecule has 4 rings (SSSR count). The van der Waals surface area contributed by atoms with Crippen LogP contribution in [-0.2, 0) is 35.0 Å². The number of carbonyl (C=O) groups excluding carboxylic acids is 5. The Balaban J connectivity index is 0.000000308. The van der Waals surface area contributed by atoms with Crippen molar-refractivity contribution >= 4 is 30.7 Å². The molecule has 4 aromatic carbocycles. The molecule has 290 valence electrons. The Labute approximate surface area is 321 Å². The van der Waals surface area contributed by atoms with Crippen LogP contribution in [0.15, 0.2) is 122 Å². The smallest absolute Gasteiger partial charge is 0.343 e. The number of rotatable bonds is 20. The molecule has 0 fully saturated rings. The third-order valence-corrected chi connectivity index (χ3v) is 6.98. The lowest BCUT2D eigenvalue weighted by Crippen LogP contribution is -2.09. The van der Waals surface area contributed by atoms with Crippen molar-refractivity contribution in [3.8, 4) is 23.0 Å². The van der Waals surface area contributed by atoms with Gasteiger partial charge in [-0.25, -0.2) is 14.4 Å². The fourth-order valence-corrected chi connectivity index (χ4v) is 4.07. The summed E-state index contributed by atoms with van der Waals surface area (Å²) in [5.41, 5.74) is 3.25. The molecule has 4 aromatic rings. The second-order valence-corrected chi connectivity index (χ2v) is 11.2. The number of ether oxygens (including phenoxy) is 7. The highest BCUT2D eigenvalue weighted by molar-refractivity contribution is 5.91. The Morgan fingerprint density at radius 3 is 1.56 bits per heavy atom. The number of carbonyl (C=O) groups is 5. The van der Waals surface area contributed by atoms with Gasteiger partial charge in [0, 0.05) is 37.7 Å². The lowest BCUT2D eigenvalue weighted by atomic mass is 10.1. The predicted octanol–water partition coefficient (Wildman–Crippen LogP) is 7.12. The largest absolute Gasteiger partial charge is 0.493 e. The number of methoxy groups -OCH3 is 1. The average molecular weight is 755 g/mol. The third-order valence-electron chi connectivity index (χ3n) is 6.98. The number of hydrogen-bond donors (Lipinski definition) is 0. The molecular weight excluding hydrogens is 708 g/mol. The summed E-state index contributed by atoms with van der Waals surface area (Å²) < 4.78 is 35.4. The summed E-state index contributed by atoms with van der Waals surface area (Å²) in [6.45, 7) is 11.3. The number of aryl methyl sites for hydroxylation is 1. The molecule has 0 unspecified atom stereocenters. The number of esters is 3. The van der Waals surface area contributed by atoms with E-state index in [1.54, 1.807) is 67.8 Å². The van der Waals surface area contributed by atoms with Crippen LogP contribution >= 0.6 is 0 Å². The maximum absolute atomic E-state index is 12.1. The summed E-state index contributed by atoms with van der Waals surface area (Å²) in [6, 6.07) is 27.9. The highest BCUT2D eigenvalue weighted by Crippen LogP contribution is 2.17. The minimum Gasteiger partial charge on any atom is -0.493 e. The van der Waals surface area contributed by atoms with Crippen molar-refractivity contribution in [2.24, 2.45) is 0 Å². The number of benzene rings is 4. The first-order valence-electron chi connectivity index (χ1n) is 17.2. The fourth-order valence-electron chi connectivity index (χ4n) is 4.07. The molecule has 0 heterocycles. The van der Waals surface area contributed by atoms with E-state index in [9.17, 15) is 24.0 Å².